The maximum atomic E-state index is 12.2. The van der Waals surface area contributed by atoms with Gasteiger partial charge < -0.3 is 15.6 Å². The average Bonchev–Trinajstić information content (AvgIpc) is 2.99. The van der Waals surface area contributed by atoms with Crippen LogP contribution in [0.3, 0.4) is 0 Å². The fraction of sp³-hybridized carbons (Fsp3) is 0.769. The first-order chi connectivity index (χ1) is 9.07. The predicted molar refractivity (Wildman–Crippen MR) is 77.5 cm³/mol. The Morgan fingerprint density at radius 1 is 1.50 bits per heavy atom. The lowest BCUT2D eigenvalue weighted by atomic mass is 9.95. The number of amides is 1. The highest BCUT2D eigenvalue weighted by atomic mass is 35.5. The molecule has 114 valence electrons. The van der Waals surface area contributed by atoms with E-state index >= 15 is 0 Å². The number of rotatable bonds is 5. The number of nitrogens with one attached hydrogen (secondary N) is 1. The third-order valence-electron chi connectivity index (χ3n) is 3.71. The van der Waals surface area contributed by atoms with Crippen molar-refractivity contribution in [3.8, 4) is 0 Å². The zero-order valence-corrected chi connectivity index (χ0v) is 12.8. The van der Waals surface area contributed by atoms with Crippen LogP contribution in [0.2, 0.25) is 0 Å². The zero-order valence-electron chi connectivity index (χ0n) is 12.0. The molecular formula is C13H23ClN4O2. The molecule has 0 aliphatic heterocycles. The average molecular weight is 303 g/mol. The fourth-order valence-corrected chi connectivity index (χ4v) is 2.65. The first-order valence-corrected chi connectivity index (χ1v) is 6.96. The maximum Gasteiger partial charge on any atom is 0.237 e. The van der Waals surface area contributed by atoms with Crippen LogP contribution in [0.5, 0.6) is 0 Å². The van der Waals surface area contributed by atoms with Gasteiger partial charge in [0.2, 0.25) is 11.8 Å². The normalized spacial score (nSPS) is 18.4. The Morgan fingerprint density at radius 2 is 2.15 bits per heavy atom. The SMILES string of the molecule is CCCC(N)C(=O)NC1(c2noc(C)n2)CCCC1.Cl. The van der Waals surface area contributed by atoms with E-state index < -0.39 is 11.6 Å². The Bertz CT molecular complexity index is 443. The number of hydrogen-bond acceptors (Lipinski definition) is 5. The number of carbonyl (C=O) groups is 1. The van der Waals surface area contributed by atoms with Gasteiger partial charge in [0.15, 0.2) is 5.82 Å². The lowest BCUT2D eigenvalue weighted by Gasteiger charge is -2.28. The monoisotopic (exact) mass is 302 g/mol. The molecule has 7 heteroatoms. The smallest absolute Gasteiger partial charge is 0.237 e. The first kappa shape index (κ1) is 16.9. The summed E-state index contributed by atoms with van der Waals surface area (Å²) in [7, 11) is 0. The van der Waals surface area contributed by atoms with Crippen molar-refractivity contribution in [2.75, 3.05) is 0 Å². The van der Waals surface area contributed by atoms with Crippen molar-refractivity contribution in [3.05, 3.63) is 11.7 Å². The molecule has 0 bridgehead atoms. The molecule has 1 aromatic rings. The molecule has 1 aromatic heterocycles. The highest BCUT2D eigenvalue weighted by molar-refractivity contribution is 5.85. The van der Waals surface area contributed by atoms with Gasteiger partial charge in [-0.3, -0.25) is 4.79 Å². The minimum Gasteiger partial charge on any atom is -0.342 e. The first-order valence-electron chi connectivity index (χ1n) is 6.96. The molecule has 0 radical (unpaired) electrons. The van der Waals surface area contributed by atoms with E-state index in [1.54, 1.807) is 6.92 Å². The summed E-state index contributed by atoms with van der Waals surface area (Å²) in [4.78, 5) is 16.4. The molecular weight excluding hydrogens is 280 g/mol. The predicted octanol–water partition coefficient (Wildman–Crippen LogP) is 1.81. The van der Waals surface area contributed by atoms with E-state index in [2.05, 4.69) is 15.5 Å². The molecule has 0 spiro atoms. The number of nitrogens with two attached hydrogens (primary N) is 1. The summed E-state index contributed by atoms with van der Waals surface area (Å²) in [6, 6.07) is -0.463. The highest BCUT2D eigenvalue weighted by Gasteiger charge is 2.41. The van der Waals surface area contributed by atoms with Crippen LogP contribution in [0, 0.1) is 6.92 Å². The highest BCUT2D eigenvalue weighted by Crippen LogP contribution is 2.37. The number of carbonyl (C=O) groups excluding carboxylic acids is 1. The molecule has 1 atom stereocenters. The Kier molecular flexibility index (Phi) is 5.95. The van der Waals surface area contributed by atoms with Gasteiger partial charge in [0, 0.05) is 6.92 Å². The van der Waals surface area contributed by atoms with Crippen molar-refractivity contribution in [2.45, 2.75) is 64.0 Å². The van der Waals surface area contributed by atoms with Crippen LogP contribution in [-0.4, -0.2) is 22.1 Å². The number of nitrogens with zero attached hydrogens (tertiary/aromatic N) is 2. The van der Waals surface area contributed by atoms with Crippen LogP contribution in [-0.2, 0) is 10.3 Å². The van der Waals surface area contributed by atoms with E-state index in [4.69, 9.17) is 10.3 Å². The van der Waals surface area contributed by atoms with Crippen molar-refractivity contribution < 1.29 is 9.32 Å². The van der Waals surface area contributed by atoms with Crippen LogP contribution >= 0.6 is 12.4 Å². The second kappa shape index (κ2) is 7.04. The number of halogens is 1. The molecule has 0 saturated heterocycles. The van der Waals surface area contributed by atoms with Gasteiger partial charge in [0.1, 0.15) is 5.54 Å². The van der Waals surface area contributed by atoms with Crippen LogP contribution < -0.4 is 11.1 Å². The second-order valence-corrected chi connectivity index (χ2v) is 5.31. The van der Waals surface area contributed by atoms with E-state index in [-0.39, 0.29) is 18.3 Å². The fourth-order valence-electron chi connectivity index (χ4n) is 2.65. The standard InChI is InChI=1S/C13H22N4O2.ClH/c1-3-6-10(14)11(18)16-13(7-4-5-8-13)12-15-9(2)19-17-12;/h10H,3-8,14H2,1-2H3,(H,16,18);1H. The number of aromatic nitrogens is 2. The van der Waals surface area contributed by atoms with Crippen LogP contribution in [0.4, 0.5) is 0 Å². The molecule has 3 N–H and O–H groups in total. The number of hydrogen-bond donors (Lipinski definition) is 2. The topological polar surface area (TPSA) is 94.0 Å². The van der Waals surface area contributed by atoms with Crippen LogP contribution in [0.1, 0.15) is 57.2 Å². The molecule has 1 amide bonds. The van der Waals surface area contributed by atoms with Crippen LogP contribution in [0.15, 0.2) is 4.52 Å². The third-order valence-corrected chi connectivity index (χ3v) is 3.71. The van der Waals surface area contributed by atoms with Gasteiger partial charge in [-0.05, 0) is 19.3 Å². The summed E-state index contributed by atoms with van der Waals surface area (Å²) in [6.07, 6.45) is 5.37. The summed E-state index contributed by atoms with van der Waals surface area (Å²) in [5, 5.41) is 7.04. The Morgan fingerprint density at radius 3 is 2.65 bits per heavy atom. The Balaban J connectivity index is 0.00000200. The molecule has 1 unspecified atom stereocenters. The van der Waals surface area contributed by atoms with Gasteiger partial charge in [0.05, 0.1) is 6.04 Å². The van der Waals surface area contributed by atoms with Gasteiger partial charge >= 0.3 is 0 Å². The van der Waals surface area contributed by atoms with Gasteiger partial charge in [-0.1, -0.05) is 31.3 Å². The van der Waals surface area contributed by atoms with Gasteiger partial charge in [0.25, 0.3) is 0 Å². The quantitative estimate of drug-likeness (QED) is 0.865. The van der Waals surface area contributed by atoms with Crippen molar-refractivity contribution in [2.24, 2.45) is 5.73 Å². The Hall–Kier alpha value is -1.14. The van der Waals surface area contributed by atoms with E-state index in [1.807, 2.05) is 6.92 Å². The molecule has 2 rings (SSSR count). The Labute approximate surface area is 125 Å². The maximum absolute atomic E-state index is 12.2. The molecule has 1 aliphatic carbocycles. The van der Waals surface area contributed by atoms with Gasteiger partial charge in [-0.15, -0.1) is 12.4 Å². The zero-order chi connectivity index (χ0) is 13.9. The van der Waals surface area contributed by atoms with E-state index in [0.29, 0.717) is 18.1 Å². The lowest BCUT2D eigenvalue weighted by molar-refractivity contribution is -0.124. The van der Waals surface area contributed by atoms with Crippen molar-refractivity contribution >= 4 is 18.3 Å². The van der Waals surface area contributed by atoms with E-state index in [1.165, 1.54) is 0 Å². The van der Waals surface area contributed by atoms with E-state index in [0.717, 1.165) is 32.1 Å². The molecule has 6 nitrogen and oxygen atoms in total. The molecule has 1 heterocycles. The summed E-state index contributed by atoms with van der Waals surface area (Å²) in [6.45, 7) is 3.77. The van der Waals surface area contributed by atoms with Crippen molar-refractivity contribution in [3.63, 3.8) is 0 Å². The largest absolute Gasteiger partial charge is 0.342 e. The van der Waals surface area contributed by atoms with Crippen molar-refractivity contribution in [1.29, 1.82) is 0 Å². The summed E-state index contributed by atoms with van der Waals surface area (Å²) in [5.74, 6) is 0.985. The summed E-state index contributed by atoms with van der Waals surface area (Å²) in [5.41, 5.74) is 5.39. The second-order valence-electron chi connectivity index (χ2n) is 5.31. The number of aryl methyl sites for hydroxylation is 1. The molecule has 1 aliphatic rings. The molecule has 1 fully saturated rings. The minimum atomic E-state index is -0.486. The molecule has 1 saturated carbocycles. The lowest BCUT2D eigenvalue weighted by Crippen LogP contribution is -2.51. The van der Waals surface area contributed by atoms with Crippen molar-refractivity contribution in [1.82, 2.24) is 15.5 Å². The van der Waals surface area contributed by atoms with Gasteiger partial charge in [-0.2, -0.15) is 4.98 Å². The molecule has 0 aromatic carbocycles. The minimum absolute atomic E-state index is 0. The molecule has 20 heavy (non-hydrogen) atoms. The summed E-state index contributed by atoms with van der Waals surface area (Å²) >= 11 is 0. The van der Waals surface area contributed by atoms with Gasteiger partial charge in [-0.25, -0.2) is 0 Å². The summed E-state index contributed by atoms with van der Waals surface area (Å²) < 4.78 is 5.05. The van der Waals surface area contributed by atoms with Crippen LogP contribution in [0.25, 0.3) is 0 Å². The third kappa shape index (κ3) is 3.49. The van der Waals surface area contributed by atoms with E-state index in [9.17, 15) is 4.79 Å².